The van der Waals surface area contributed by atoms with E-state index >= 15 is 0 Å². The summed E-state index contributed by atoms with van der Waals surface area (Å²) in [5, 5.41) is 9.33. The Bertz CT molecular complexity index is 450. The molecule has 104 valence electrons. The van der Waals surface area contributed by atoms with Crippen molar-refractivity contribution in [2.24, 2.45) is 0 Å². The molecule has 0 bridgehead atoms. The lowest BCUT2D eigenvalue weighted by molar-refractivity contribution is -0.146. The Morgan fingerprint density at radius 3 is 2.84 bits per heavy atom. The fourth-order valence-corrected chi connectivity index (χ4v) is 2.97. The maximum atomic E-state index is 13.9. The lowest BCUT2D eigenvalue weighted by Gasteiger charge is -2.39. The molecule has 3 nitrogen and oxygen atoms in total. The van der Waals surface area contributed by atoms with Crippen molar-refractivity contribution in [2.45, 2.75) is 44.7 Å². The monoisotopic (exact) mass is 265 g/mol. The number of piperidine rings is 1. The highest BCUT2D eigenvalue weighted by molar-refractivity contribution is 5.73. The van der Waals surface area contributed by atoms with Gasteiger partial charge >= 0.3 is 5.97 Å². The van der Waals surface area contributed by atoms with Crippen LogP contribution in [0.15, 0.2) is 24.3 Å². The molecule has 1 aromatic rings. The van der Waals surface area contributed by atoms with Crippen LogP contribution < -0.4 is 0 Å². The third kappa shape index (κ3) is 2.95. The van der Waals surface area contributed by atoms with E-state index < -0.39 is 12.0 Å². The molecule has 0 amide bonds. The van der Waals surface area contributed by atoms with Crippen LogP contribution >= 0.6 is 0 Å². The Labute approximate surface area is 113 Å². The topological polar surface area (TPSA) is 40.5 Å². The summed E-state index contributed by atoms with van der Waals surface area (Å²) in [6, 6.07) is 6.03. The van der Waals surface area contributed by atoms with Gasteiger partial charge in [-0.15, -0.1) is 0 Å². The van der Waals surface area contributed by atoms with Crippen molar-refractivity contribution >= 4 is 5.97 Å². The molecule has 1 aromatic carbocycles. The summed E-state index contributed by atoms with van der Waals surface area (Å²) in [7, 11) is 0. The van der Waals surface area contributed by atoms with Crippen molar-refractivity contribution in [3.8, 4) is 0 Å². The van der Waals surface area contributed by atoms with E-state index in [1.807, 2.05) is 11.8 Å². The van der Waals surface area contributed by atoms with Gasteiger partial charge in [0, 0.05) is 11.6 Å². The van der Waals surface area contributed by atoms with Gasteiger partial charge in [-0.3, -0.25) is 9.69 Å². The summed E-state index contributed by atoms with van der Waals surface area (Å²) in [6.45, 7) is 2.70. The number of carbonyl (C=O) groups is 1. The minimum atomic E-state index is -0.797. The summed E-state index contributed by atoms with van der Waals surface area (Å²) in [5.41, 5.74) is 0.609. The predicted octanol–water partition coefficient (Wildman–Crippen LogP) is 3.22. The van der Waals surface area contributed by atoms with E-state index in [2.05, 4.69) is 0 Å². The minimum absolute atomic E-state index is 0.150. The SMILES string of the molecule is CCC(c1ccccc1F)N1CCCCC1C(=O)O. The standard InChI is InChI=1S/C15H20FNO2/c1-2-13(11-7-3-4-8-12(11)16)17-10-6-5-9-14(17)15(18)19/h3-4,7-8,13-14H,2,5-6,9-10H2,1H3,(H,18,19). The van der Waals surface area contributed by atoms with Crippen LogP contribution in [0.2, 0.25) is 0 Å². The van der Waals surface area contributed by atoms with E-state index in [1.54, 1.807) is 18.2 Å². The zero-order valence-corrected chi connectivity index (χ0v) is 11.2. The molecule has 0 radical (unpaired) electrons. The summed E-state index contributed by atoms with van der Waals surface area (Å²) in [5.74, 6) is -1.04. The molecule has 2 rings (SSSR count). The first-order valence-electron chi connectivity index (χ1n) is 6.88. The summed E-state index contributed by atoms with van der Waals surface area (Å²) >= 11 is 0. The van der Waals surface area contributed by atoms with Gasteiger partial charge in [-0.2, -0.15) is 0 Å². The second-order valence-electron chi connectivity index (χ2n) is 5.03. The summed E-state index contributed by atoms with van der Waals surface area (Å²) in [6.07, 6.45) is 3.28. The van der Waals surface area contributed by atoms with Crippen molar-refractivity contribution in [1.29, 1.82) is 0 Å². The van der Waals surface area contributed by atoms with Gasteiger partial charge in [0.15, 0.2) is 0 Å². The van der Waals surface area contributed by atoms with Gasteiger partial charge in [0.2, 0.25) is 0 Å². The van der Waals surface area contributed by atoms with Crippen LogP contribution in [-0.2, 0) is 4.79 Å². The highest BCUT2D eigenvalue weighted by Crippen LogP contribution is 2.32. The fourth-order valence-electron chi connectivity index (χ4n) is 2.97. The predicted molar refractivity (Wildman–Crippen MR) is 71.4 cm³/mol. The molecule has 1 saturated heterocycles. The molecule has 1 fully saturated rings. The van der Waals surface area contributed by atoms with Crippen LogP contribution in [0, 0.1) is 5.82 Å². The average Bonchev–Trinajstić information content (AvgIpc) is 2.42. The zero-order valence-electron chi connectivity index (χ0n) is 11.2. The number of likely N-dealkylation sites (tertiary alicyclic amines) is 1. The molecule has 0 aliphatic carbocycles. The van der Waals surface area contributed by atoms with E-state index in [1.165, 1.54) is 6.07 Å². The van der Waals surface area contributed by atoms with Gasteiger partial charge in [0.05, 0.1) is 0 Å². The number of benzene rings is 1. The van der Waals surface area contributed by atoms with E-state index in [4.69, 9.17) is 0 Å². The Morgan fingerprint density at radius 2 is 2.21 bits per heavy atom. The molecular formula is C15H20FNO2. The molecule has 0 aromatic heterocycles. The first-order valence-corrected chi connectivity index (χ1v) is 6.88. The van der Waals surface area contributed by atoms with Crippen LogP contribution in [-0.4, -0.2) is 28.6 Å². The second-order valence-corrected chi connectivity index (χ2v) is 5.03. The third-order valence-electron chi connectivity index (χ3n) is 3.88. The van der Waals surface area contributed by atoms with Crippen molar-refractivity contribution in [3.05, 3.63) is 35.6 Å². The third-order valence-corrected chi connectivity index (χ3v) is 3.88. The highest BCUT2D eigenvalue weighted by atomic mass is 19.1. The number of aliphatic carboxylic acids is 1. The van der Waals surface area contributed by atoms with Crippen LogP contribution in [0.3, 0.4) is 0 Å². The molecule has 19 heavy (non-hydrogen) atoms. The van der Waals surface area contributed by atoms with E-state index in [0.717, 1.165) is 19.4 Å². The van der Waals surface area contributed by atoms with E-state index in [0.29, 0.717) is 18.4 Å². The summed E-state index contributed by atoms with van der Waals surface area (Å²) < 4.78 is 13.9. The van der Waals surface area contributed by atoms with E-state index in [-0.39, 0.29) is 11.9 Å². The van der Waals surface area contributed by atoms with Crippen LogP contribution in [0.4, 0.5) is 4.39 Å². The number of hydrogen-bond donors (Lipinski definition) is 1. The second kappa shape index (κ2) is 6.15. The maximum absolute atomic E-state index is 13.9. The smallest absolute Gasteiger partial charge is 0.320 e. The molecule has 2 unspecified atom stereocenters. The van der Waals surface area contributed by atoms with Crippen molar-refractivity contribution in [3.63, 3.8) is 0 Å². The first kappa shape index (κ1) is 14.0. The maximum Gasteiger partial charge on any atom is 0.320 e. The average molecular weight is 265 g/mol. The lowest BCUT2D eigenvalue weighted by Crippen LogP contribution is -2.46. The molecule has 1 aliphatic heterocycles. The highest BCUT2D eigenvalue weighted by Gasteiger charge is 2.34. The van der Waals surface area contributed by atoms with Crippen LogP contribution in [0.1, 0.15) is 44.2 Å². The number of nitrogens with zero attached hydrogens (tertiary/aromatic N) is 1. The Hall–Kier alpha value is -1.42. The molecule has 0 spiro atoms. The van der Waals surface area contributed by atoms with Gasteiger partial charge in [-0.1, -0.05) is 31.5 Å². The van der Waals surface area contributed by atoms with Gasteiger partial charge in [-0.25, -0.2) is 4.39 Å². The summed E-state index contributed by atoms with van der Waals surface area (Å²) in [4.78, 5) is 13.3. The zero-order chi connectivity index (χ0) is 13.8. The van der Waals surface area contributed by atoms with Crippen molar-refractivity contribution in [2.75, 3.05) is 6.54 Å². The number of carboxylic acids is 1. The number of carboxylic acid groups (broad SMARTS) is 1. The van der Waals surface area contributed by atoms with Crippen LogP contribution in [0.5, 0.6) is 0 Å². The first-order chi connectivity index (χ1) is 9.15. The lowest BCUT2D eigenvalue weighted by atomic mass is 9.94. The molecule has 1 aliphatic rings. The Kier molecular flexibility index (Phi) is 4.53. The fraction of sp³-hybridized carbons (Fsp3) is 0.533. The molecular weight excluding hydrogens is 245 g/mol. The molecule has 1 N–H and O–H groups in total. The minimum Gasteiger partial charge on any atom is -0.480 e. The quantitative estimate of drug-likeness (QED) is 0.908. The Morgan fingerprint density at radius 1 is 1.47 bits per heavy atom. The number of hydrogen-bond acceptors (Lipinski definition) is 2. The number of halogens is 1. The normalized spacial score (nSPS) is 22.1. The van der Waals surface area contributed by atoms with E-state index in [9.17, 15) is 14.3 Å². The molecule has 2 atom stereocenters. The number of rotatable bonds is 4. The molecule has 0 saturated carbocycles. The Balaban J connectivity index is 2.30. The molecule has 4 heteroatoms. The van der Waals surface area contributed by atoms with Crippen molar-refractivity contribution < 1.29 is 14.3 Å². The van der Waals surface area contributed by atoms with Crippen molar-refractivity contribution in [1.82, 2.24) is 4.90 Å². The van der Waals surface area contributed by atoms with Gasteiger partial charge < -0.3 is 5.11 Å². The van der Waals surface area contributed by atoms with Gasteiger partial charge in [0.25, 0.3) is 0 Å². The van der Waals surface area contributed by atoms with Gasteiger partial charge in [-0.05, 0) is 31.9 Å². The largest absolute Gasteiger partial charge is 0.480 e. The van der Waals surface area contributed by atoms with Gasteiger partial charge in [0.1, 0.15) is 11.9 Å². The molecule has 1 heterocycles. The van der Waals surface area contributed by atoms with Crippen LogP contribution in [0.25, 0.3) is 0 Å².